The summed E-state index contributed by atoms with van der Waals surface area (Å²) >= 11 is 0. The molecule has 0 aliphatic rings. The Morgan fingerprint density at radius 1 is 1.09 bits per heavy atom. The molecule has 0 heterocycles. The first kappa shape index (κ1) is 18.0. The van der Waals surface area contributed by atoms with Gasteiger partial charge in [0.15, 0.2) is 0 Å². The molecule has 1 aromatic rings. The van der Waals surface area contributed by atoms with Crippen molar-refractivity contribution in [1.29, 1.82) is 0 Å². The van der Waals surface area contributed by atoms with Crippen molar-refractivity contribution in [2.75, 3.05) is 0 Å². The zero-order valence-corrected chi connectivity index (χ0v) is 13.5. The predicted molar refractivity (Wildman–Crippen MR) is 86.8 cm³/mol. The molecule has 2 amide bonds. The Hall–Kier alpha value is -2.04. The predicted octanol–water partition coefficient (Wildman–Crippen LogP) is 2.81. The van der Waals surface area contributed by atoms with Crippen LogP contribution in [0.2, 0.25) is 0 Å². The number of urea groups is 1. The van der Waals surface area contributed by atoms with Crippen molar-refractivity contribution in [3.63, 3.8) is 0 Å². The molecule has 1 aromatic carbocycles. The highest BCUT2D eigenvalue weighted by atomic mass is 16.4. The third-order valence-electron chi connectivity index (χ3n) is 3.40. The van der Waals surface area contributed by atoms with Crippen LogP contribution < -0.4 is 10.6 Å². The Labute approximate surface area is 132 Å². The van der Waals surface area contributed by atoms with Crippen LogP contribution in [0.4, 0.5) is 4.79 Å². The molecule has 0 radical (unpaired) electrons. The highest BCUT2D eigenvalue weighted by Gasteiger charge is 2.21. The number of hydrogen-bond acceptors (Lipinski definition) is 2. The quantitative estimate of drug-likeness (QED) is 0.691. The van der Waals surface area contributed by atoms with Crippen molar-refractivity contribution in [2.45, 2.75) is 52.1 Å². The van der Waals surface area contributed by atoms with Crippen LogP contribution >= 0.6 is 0 Å². The molecule has 3 N–H and O–H groups in total. The second-order valence-electron chi connectivity index (χ2n) is 6.06. The summed E-state index contributed by atoms with van der Waals surface area (Å²) in [6.45, 7) is 5.77. The van der Waals surface area contributed by atoms with E-state index in [4.69, 9.17) is 5.11 Å². The SMILES string of the molecule is CC(C)C[C@H](NC(=O)N[C@@H](C)CCc1ccccc1)C(=O)O. The highest BCUT2D eigenvalue weighted by molar-refractivity contribution is 5.82. The standard InChI is InChI=1S/C17H26N2O3/c1-12(2)11-15(16(20)21)19-17(22)18-13(3)9-10-14-7-5-4-6-8-14/h4-8,12-13,15H,9-11H2,1-3H3,(H,20,21)(H2,18,19,22)/t13-,15-/m0/s1. The lowest BCUT2D eigenvalue weighted by molar-refractivity contribution is -0.139. The third kappa shape index (κ3) is 7.11. The van der Waals surface area contributed by atoms with Gasteiger partial charge in [-0.2, -0.15) is 0 Å². The summed E-state index contributed by atoms with van der Waals surface area (Å²) in [6.07, 6.45) is 2.09. The Morgan fingerprint density at radius 3 is 2.27 bits per heavy atom. The lowest BCUT2D eigenvalue weighted by Gasteiger charge is -2.19. The minimum atomic E-state index is -0.999. The molecule has 22 heavy (non-hydrogen) atoms. The topological polar surface area (TPSA) is 78.4 Å². The second kappa shape index (κ2) is 9.07. The number of carbonyl (C=O) groups is 2. The number of nitrogens with one attached hydrogen (secondary N) is 2. The van der Waals surface area contributed by atoms with Crippen LogP contribution in [0.1, 0.15) is 39.2 Å². The van der Waals surface area contributed by atoms with E-state index in [1.54, 1.807) is 0 Å². The molecule has 0 spiro atoms. The molecule has 0 aromatic heterocycles. The van der Waals surface area contributed by atoms with Gasteiger partial charge in [-0.15, -0.1) is 0 Å². The zero-order chi connectivity index (χ0) is 16.5. The lowest BCUT2D eigenvalue weighted by Crippen LogP contribution is -2.48. The minimum absolute atomic E-state index is 0.0197. The monoisotopic (exact) mass is 306 g/mol. The molecule has 0 aliphatic carbocycles. The molecule has 5 nitrogen and oxygen atoms in total. The van der Waals surface area contributed by atoms with Gasteiger partial charge >= 0.3 is 12.0 Å². The summed E-state index contributed by atoms with van der Waals surface area (Å²) in [5.74, 6) is -0.794. The van der Waals surface area contributed by atoms with Gasteiger partial charge in [0.05, 0.1) is 0 Å². The molecule has 0 fully saturated rings. The Bertz CT molecular complexity index is 474. The number of aryl methyl sites for hydroxylation is 1. The smallest absolute Gasteiger partial charge is 0.326 e. The largest absolute Gasteiger partial charge is 0.480 e. The van der Waals surface area contributed by atoms with Gasteiger partial charge in [0, 0.05) is 6.04 Å². The van der Waals surface area contributed by atoms with Gasteiger partial charge in [-0.3, -0.25) is 0 Å². The van der Waals surface area contributed by atoms with E-state index in [1.165, 1.54) is 5.56 Å². The van der Waals surface area contributed by atoms with E-state index in [0.29, 0.717) is 6.42 Å². The van der Waals surface area contributed by atoms with Crippen molar-refractivity contribution < 1.29 is 14.7 Å². The first-order chi connectivity index (χ1) is 10.4. The van der Waals surface area contributed by atoms with E-state index in [2.05, 4.69) is 22.8 Å². The van der Waals surface area contributed by atoms with Gasteiger partial charge in [-0.05, 0) is 37.7 Å². The van der Waals surface area contributed by atoms with Crippen molar-refractivity contribution in [1.82, 2.24) is 10.6 Å². The van der Waals surface area contributed by atoms with Crippen LogP contribution in [0.5, 0.6) is 0 Å². The molecule has 0 saturated heterocycles. The number of carboxylic acid groups (broad SMARTS) is 1. The third-order valence-corrected chi connectivity index (χ3v) is 3.40. The molecular weight excluding hydrogens is 280 g/mol. The fourth-order valence-electron chi connectivity index (χ4n) is 2.22. The van der Waals surface area contributed by atoms with E-state index in [1.807, 2.05) is 39.0 Å². The van der Waals surface area contributed by atoms with Crippen LogP contribution in [0.25, 0.3) is 0 Å². The maximum absolute atomic E-state index is 11.9. The van der Waals surface area contributed by atoms with Gasteiger partial charge in [0.25, 0.3) is 0 Å². The number of benzene rings is 1. The van der Waals surface area contributed by atoms with Gasteiger partial charge in [-0.1, -0.05) is 44.2 Å². The first-order valence-electron chi connectivity index (χ1n) is 7.72. The molecule has 0 unspecified atom stereocenters. The number of hydrogen-bond donors (Lipinski definition) is 3. The average molecular weight is 306 g/mol. The van der Waals surface area contributed by atoms with Gasteiger partial charge in [0.1, 0.15) is 6.04 Å². The Morgan fingerprint density at radius 2 is 1.73 bits per heavy atom. The van der Waals surface area contributed by atoms with E-state index in [0.717, 1.165) is 12.8 Å². The summed E-state index contributed by atoms with van der Waals surface area (Å²) in [5.41, 5.74) is 1.22. The Kier molecular flexibility index (Phi) is 7.43. The molecule has 2 atom stereocenters. The molecule has 0 aliphatic heterocycles. The minimum Gasteiger partial charge on any atom is -0.480 e. The van der Waals surface area contributed by atoms with Crippen molar-refractivity contribution in [3.05, 3.63) is 35.9 Å². The summed E-state index contributed by atoms with van der Waals surface area (Å²) in [7, 11) is 0. The van der Waals surface area contributed by atoms with E-state index in [9.17, 15) is 9.59 Å². The number of amides is 2. The number of rotatable bonds is 8. The summed E-state index contributed by atoms with van der Waals surface area (Å²) < 4.78 is 0. The molecular formula is C17H26N2O3. The average Bonchev–Trinajstić information content (AvgIpc) is 2.45. The van der Waals surface area contributed by atoms with Crippen molar-refractivity contribution >= 4 is 12.0 Å². The summed E-state index contributed by atoms with van der Waals surface area (Å²) in [4.78, 5) is 23.0. The van der Waals surface area contributed by atoms with Gasteiger partial charge in [-0.25, -0.2) is 9.59 Å². The van der Waals surface area contributed by atoms with Crippen LogP contribution in [0.15, 0.2) is 30.3 Å². The number of aliphatic carboxylic acids is 1. The van der Waals surface area contributed by atoms with Gasteiger partial charge in [0.2, 0.25) is 0 Å². The maximum Gasteiger partial charge on any atom is 0.326 e. The van der Waals surface area contributed by atoms with E-state index >= 15 is 0 Å². The molecule has 1 rings (SSSR count). The van der Waals surface area contributed by atoms with Crippen molar-refractivity contribution in [3.8, 4) is 0 Å². The maximum atomic E-state index is 11.9. The molecule has 0 bridgehead atoms. The van der Waals surface area contributed by atoms with Crippen LogP contribution in [0.3, 0.4) is 0 Å². The summed E-state index contributed by atoms with van der Waals surface area (Å²) in [5, 5.41) is 14.4. The number of carbonyl (C=O) groups excluding carboxylic acids is 1. The molecule has 0 saturated carbocycles. The van der Waals surface area contributed by atoms with Crippen LogP contribution in [0, 0.1) is 5.92 Å². The lowest BCUT2D eigenvalue weighted by atomic mass is 10.0. The van der Waals surface area contributed by atoms with Gasteiger partial charge < -0.3 is 15.7 Å². The normalized spacial score (nSPS) is 13.5. The fourth-order valence-corrected chi connectivity index (χ4v) is 2.22. The second-order valence-corrected chi connectivity index (χ2v) is 6.06. The number of carboxylic acids is 1. The van der Waals surface area contributed by atoms with Crippen molar-refractivity contribution in [2.24, 2.45) is 5.92 Å². The van der Waals surface area contributed by atoms with E-state index < -0.39 is 18.0 Å². The molecule has 5 heteroatoms. The summed E-state index contributed by atoms with van der Waals surface area (Å²) in [6, 6.07) is 8.77. The van der Waals surface area contributed by atoms with E-state index in [-0.39, 0.29) is 12.0 Å². The van der Waals surface area contributed by atoms with Crippen LogP contribution in [-0.4, -0.2) is 29.2 Å². The first-order valence-corrected chi connectivity index (χ1v) is 7.72. The Balaban J connectivity index is 2.38. The molecule has 122 valence electrons. The fraction of sp³-hybridized carbons (Fsp3) is 0.529. The highest BCUT2D eigenvalue weighted by Crippen LogP contribution is 2.06. The zero-order valence-electron chi connectivity index (χ0n) is 13.5. The van der Waals surface area contributed by atoms with Crippen LogP contribution in [-0.2, 0) is 11.2 Å².